The van der Waals surface area contributed by atoms with Crippen LogP contribution in [-0.4, -0.2) is 12.3 Å². The van der Waals surface area contributed by atoms with Crippen LogP contribution < -0.4 is 0 Å². The van der Waals surface area contributed by atoms with Crippen LogP contribution in [0.15, 0.2) is 25.0 Å². The summed E-state index contributed by atoms with van der Waals surface area (Å²) in [5.74, 6) is -0.564. The van der Waals surface area contributed by atoms with Crippen LogP contribution in [0.2, 0.25) is 0 Å². The van der Waals surface area contributed by atoms with Gasteiger partial charge in [-0.05, 0) is 6.42 Å². The van der Waals surface area contributed by atoms with Gasteiger partial charge in [-0.15, -0.1) is 4.89 Å². The van der Waals surface area contributed by atoms with Crippen molar-refractivity contribution in [2.45, 2.75) is 33.0 Å². The molecular formula is C10H16O4. The molecule has 1 atom stereocenters. The molecule has 0 aromatic carbocycles. The van der Waals surface area contributed by atoms with E-state index in [1.807, 2.05) is 6.92 Å². The first kappa shape index (κ1) is 12.7. The van der Waals surface area contributed by atoms with Crippen LogP contribution in [0.4, 0.5) is 0 Å². The molecule has 0 aliphatic carbocycles. The predicted octanol–water partition coefficient (Wildman–Crippen LogP) is 2.32. The molecule has 0 aliphatic heterocycles. The van der Waals surface area contributed by atoms with Crippen LogP contribution >= 0.6 is 0 Å². The summed E-state index contributed by atoms with van der Waals surface area (Å²) < 4.78 is 4.77. The van der Waals surface area contributed by atoms with E-state index in [1.165, 1.54) is 6.26 Å². The zero-order valence-corrected chi connectivity index (χ0v) is 8.62. The molecule has 4 nitrogen and oxygen atoms in total. The van der Waals surface area contributed by atoms with E-state index in [0.29, 0.717) is 12.0 Å². The Morgan fingerprint density at radius 1 is 1.57 bits per heavy atom. The number of hydrogen-bond donors (Lipinski definition) is 0. The van der Waals surface area contributed by atoms with Crippen LogP contribution in [0.5, 0.6) is 0 Å². The third-order valence-electron chi connectivity index (χ3n) is 1.39. The average Bonchev–Trinajstić information content (AvgIpc) is 2.15. The summed E-state index contributed by atoms with van der Waals surface area (Å²) in [7, 11) is 0. The van der Waals surface area contributed by atoms with E-state index in [9.17, 15) is 4.79 Å². The van der Waals surface area contributed by atoms with Crippen molar-refractivity contribution in [3.63, 3.8) is 0 Å². The number of ether oxygens (including phenoxy) is 1. The minimum Gasteiger partial charge on any atom is -0.470 e. The van der Waals surface area contributed by atoms with E-state index in [4.69, 9.17) is 4.74 Å². The summed E-state index contributed by atoms with van der Waals surface area (Å²) in [4.78, 5) is 20.2. The molecule has 0 radical (unpaired) electrons. The Balaban J connectivity index is 3.72. The Bertz CT molecular complexity index is 210. The van der Waals surface area contributed by atoms with Gasteiger partial charge in [0.05, 0.1) is 6.26 Å². The Kier molecular flexibility index (Phi) is 6.49. The lowest BCUT2D eigenvalue weighted by atomic mass is 10.2. The number of hydrogen-bond acceptors (Lipinski definition) is 4. The van der Waals surface area contributed by atoms with Crippen molar-refractivity contribution in [2.24, 2.45) is 0 Å². The summed E-state index contributed by atoms with van der Waals surface area (Å²) in [6.07, 6.45) is 1.98. The second-order valence-electron chi connectivity index (χ2n) is 2.69. The largest absolute Gasteiger partial charge is 0.470 e. The van der Waals surface area contributed by atoms with Gasteiger partial charge in [-0.2, -0.15) is 0 Å². The molecule has 0 saturated carbocycles. The molecule has 0 rings (SSSR count). The molecule has 0 aliphatic rings. The smallest absolute Gasteiger partial charge is 0.368 e. The lowest BCUT2D eigenvalue weighted by Crippen LogP contribution is -2.15. The molecule has 80 valence electrons. The van der Waals surface area contributed by atoms with Crippen LogP contribution in [0.1, 0.15) is 26.7 Å². The van der Waals surface area contributed by atoms with E-state index in [2.05, 4.69) is 22.9 Å². The molecule has 0 heterocycles. The van der Waals surface area contributed by atoms with Gasteiger partial charge >= 0.3 is 5.97 Å². The second-order valence-corrected chi connectivity index (χ2v) is 2.69. The van der Waals surface area contributed by atoms with Gasteiger partial charge in [-0.25, -0.2) is 4.79 Å². The third kappa shape index (κ3) is 5.37. The lowest BCUT2D eigenvalue weighted by molar-refractivity contribution is -0.335. The maximum Gasteiger partial charge on any atom is 0.368 e. The van der Waals surface area contributed by atoms with Crippen molar-refractivity contribution in [1.29, 1.82) is 0 Å². The van der Waals surface area contributed by atoms with Gasteiger partial charge in [-0.1, -0.05) is 26.5 Å². The summed E-state index contributed by atoms with van der Waals surface area (Å²) in [5, 5.41) is 0. The van der Waals surface area contributed by atoms with Gasteiger partial charge in [-0.3, -0.25) is 4.89 Å². The molecule has 0 fully saturated rings. The van der Waals surface area contributed by atoms with Gasteiger partial charge in [0, 0.05) is 12.5 Å². The molecule has 0 bridgehead atoms. The van der Waals surface area contributed by atoms with E-state index in [0.717, 1.165) is 6.42 Å². The fourth-order valence-corrected chi connectivity index (χ4v) is 0.732. The highest BCUT2D eigenvalue weighted by atomic mass is 17.2. The van der Waals surface area contributed by atoms with E-state index in [1.54, 1.807) is 6.92 Å². The standard InChI is InChI=1S/C10H16O4/c1-5-7-8(3)10(11)14-13-9(4)12-6-2/h6,9H,2-3,5,7H2,1,4H3. The molecule has 0 N–H and O–H groups in total. The Labute approximate surface area is 84.1 Å². The van der Waals surface area contributed by atoms with Crippen molar-refractivity contribution < 1.29 is 19.3 Å². The van der Waals surface area contributed by atoms with E-state index < -0.39 is 12.3 Å². The maximum absolute atomic E-state index is 11.1. The monoisotopic (exact) mass is 200 g/mol. The minimum atomic E-state index is -0.661. The van der Waals surface area contributed by atoms with Gasteiger partial charge in [0.1, 0.15) is 0 Å². The summed E-state index contributed by atoms with van der Waals surface area (Å²) in [5.41, 5.74) is 0.387. The SMILES string of the molecule is C=COC(C)OOC(=O)C(=C)CCC. The Morgan fingerprint density at radius 3 is 2.71 bits per heavy atom. The molecule has 0 saturated heterocycles. The van der Waals surface area contributed by atoms with Crippen LogP contribution in [0.25, 0.3) is 0 Å². The predicted molar refractivity (Wildman–Crippen MR) is 52.0 cm³/mol. The van der Waals surface area contributed by atoms with Crippen LogP contribution in [0.3, 0.4) is 0 Å². The fourth-order valence-electron chi connectivity index (χ4n) is 0.732. The van der Waals surface area contributed by atoms with Gasteiger partial charge in [0.25, 0.3) is 0 Å². The highest BCUT2D eigenvalue weighted by Gasteiger charge is 2.11. The minimum absolute atomic E-state index is 0.387. The molecule has 4 heteroatoms. The van der Waals surface area contributed by atoms with Gasteiger partial charge in [0.15, 0.2) is 0 Å². The maximum atomic E-state index is 11.1. The van der Waals surface area contributed by atoms with Gasteiger partial charge < -0.3 is 4.74 Å². The van der Waals surface area contributed by atoms with E-state index >= 15 is 0 Å². The summed E-state index contributed by atoms with van der Waals surface area (Å²) in [6, 6.07) is 0. The Morgan fingerprint density at radius 2 is 2.21 bits per heavy atom. The molecule has 0 amide bonds. The molecule has 0 aromatic rings. The summed E-state index contributed by atoms with van der Waals surface area (Å²) in [6.45, 7) is 10.4. The number of rotatable bonds is 7. The molecule has 1 unspecified atom stereocenters. The molecular weight excluding hydrogens is 184 g/mol. The normalized spacial score (nSPS) is 11.6. The first-order valence-electron chi connectivity index (χ1n) is 4.43. The molecule has 0 spiro atoms. The number of carbonyl (C=O) groups excluding carboxylic acids is 1. The third-order valence-corrected chi connectivity index (χ3v) is 1.39. The topological polar surface area (TPSA) is 44.8 Å². The van der Waals surface area contributed by atoms with Crippen LogP contribution in [-0.2, 0) is 19.3 Å². The van der Waals surface area contributed by atoms with Crippen molar-refractivity contribution >= 4 is 5.97 Å². The van der Waals surface area contributed by atoms with Crippen molar-refractivity contribution in [3.05, 3.63) is 25.0 Å². The van der Waals surface area contributed by atoms with Crippen molar-refractivity contribution in [3.8, 4) is 0 Å². The number of carbonyl (C=O) groups is 1. The zero-order valence-electron chi connectivity index (χ0n) is 8.62. The van der Waals surface area contributed by atoms with E-state index in [-0.39, 0.29) is 0 Å². The van der Waals surface area contributed by atoms with Crippen molar-refractivity contribution in [2.75, 3.05) is 0 Å². The van der Waals surface area contributed by atoms with Gasteiger partial charge in [0.2, 0.25) is 6.29 Å². The van der Waals surface area contributed by atoms with Crippen LogP contribution in [0, 0.1) is 0 Å². The second kappa shape index (κ2) is 7.15. The first-order chi connectivity index (χ1) is 6.61. The Hall–Kier alpha value is -1.29. The highest BCUT2D eigenvalue weighted by Crippen LogP contribution is 2.05. The lowest BCUT2D eigenvalue weighted by Gasteiger charge is -2.10. The fraction of sp³-hybridized carbons (Fsp3) is 0.500. The quantitative estimate of drug-likeness (QED) is 0.208. The highest BCUT2D eigenvalue weighted by molar-refractivity contribution is 5.87. The molecule has 0 aromatic heterocycles. The summed E-state index contributed by atoms with van der Waals surface area (Å²) >= 11 is 0. The first-order valence-corrected chi connectivity index (χ1v) is 4.43. The zero-order chi connectivity index (χ0) is 11.0. The average molecular weight is 200 g/mol. The molecule has 14 heavy (non-hydrogen) atoms. The van der Waals surface area contributed by atoms with Crippen molar-refractivity contribution in [1.82, 2.24) is 0 Å².